The first-order valence-electron chi connectivity index (χ1n) is 9.06. The highest BCUT2D eigenvalue weighted by molar-refractivity contribution is 5.78. The number of imidazole rings is 1. The fourth-order valence-electron chi connectivity index (χ4n) is 3.48. The molecule has 1 unspecified atom stereocenters. The summed E-state index contributed by atoms with van der Waals surface area (Å²) in [5.41, 5.74) is -3.18. The summed E-state index contributed by atoms with van der Waals surface area (Å²) in [5.74, 6) is -2.21. The lowest BCUT2D eigenvalue weighted by atomic mass is 9.96. The zero-order valence-electron chi connectivity index (χ0n) is 16.0. The molecule has 30 heavy (non-hydrogen) atoms. The molecule has 1 amide bonds. The van der Waals surface area contributed by atoms with Crippen LogP contribution in [0.2, 0.25) is 0 Å². The number of aromatic nitrogens is 2. The minimum absolute atomic E-state index is 0.0642. The molecule has 1 atom stereocenters. The van der Waals surface area contributed by atoms with Gasteiger partial charge in [-0.25, -0.2) is 9.37 Å². The van der Waals surface area contributed by atoms with Crippen LogP contribution in [0.1, 0.15) is 17.8 Å². The SMILES string of the molecule is Cn1ccnc1C(O)(CC(=O)N1CCN(c2cccc(F)c2C#N)CC1)C(F)(F)F. The van der Waals surface area contributed by atoms with E-state index in [0.29, 0.717) is 5.69 Å². The monoisotopic (exact) mass is 425 g/mol. The van der Waals surface area contributed by atoms with Crippen LogP contribution < -0.4 is 4.90 Å². The van der Waals surface area contributed by atoms with Crippen molar-refractivity contribution >= 4 is 11.6 Å². The van der Waals surface area contributed by atoms with Crippen LogP contribution >= 0.6 is 0 Å². The average molecular weight is 425 g/mol. The molecule has 0 spiro atoms. The van der Waals surface area contributed by atoms with Crippen molar-refractivity contribution in [1.29, 1.82) is 5.26 Å². The molecule has 1 aliphatic heterocycles. The summed E-state index contributed by atoms with van der Waals surface area (Å²) in [6.07, 6.45) is -3.94. The highest BCUT2D eigenvalue weighted by atomic mass is 19.4. The molecule has 2 aromatic rings. The number of anilines is 1. The molecule has 11 heteroatoms. The molecule has 1 N–H and O–H groups in total. The predicted molar refractivity (Wildman–Crippen MR) is 97.7 cm³/mol. The molecule has 2 heterocycles. The molecule has 0 radical (unpaired) electrons. The van der Waals surface area contributed by atoms with Crippen molar-refractivity contribution in [3.63, 3.8) is 0 Å². The Bertz CT molecular complexity index is 976. The van der Waals surface area contributed by atoms with Crippen LogP contribution in [-0.2, 0) is 17.4 Å². The van der Waals surface area contributed by atoms with Crippen LogP contribution in [0.5, 0.6) is 0 Å². The summed E-state index contributed by atoms with van der Waals surface area (Å²) in [5, 5.41) is 19.5. The number of nitrogens with zero attached hydrogens (tertiary/aromatic N) is 5. The molecule has 1 saturated heterocycles. The highest BCUT2D eigenvalue weighted by Crippen LogP contribution is 2.41. The quantitative estimate of drug-likeness (QED) is 0.757. The number of carbonyl (C=O) groups is 1. The molecule has 0 bridgehead atoms. The first-order chi connectivity index (χ1) is 14.1. The van der Waals surface area contributed by atoms with Crippen molar-refractivity contribution in [2.45, 2.75) is 18.2 Å². The van der Waals surface area contributed by atoms with Crippen molar-refractivity contribution in [2.75, 3.05) is 31.1 Å². The van der Waals surface area contributed by atoms with Crippen LogP contribution in [0.15, 0.2) is 30.6 Å². The van der Waals surface area contributed by atoms with Crippen molar-refractivity contribution in [3.05, 3.63) is 47.8 Å². The number of hydrogen-bond acceptors (Lipinski definition) is 5. The topological polar surface area (TPSA) is 85.4 Å². The molecule has 1 aromatic heterocycles. The molecular formula is C19H19F4N5O2. The Hall–Kier alpha value is -3.13. The highest BCUT2D eigenvalue weighted by Gasteiger charge is 2.59. The Morgan fingerprint density at radius 1 is 1.27 bits per heavy atom. The van der Waals surface area contributed by atoms with Crippen LogP contribution in [0, 0.1) is 17.1 Å². The van der Waals surface area contributed by atoms with E-state index in [1.165, 1.54) is 24.2 Å². The first kappa shape index (κ1) is 21.6. The molecule has 0 aliphatic carbocycles. The standard InChI is InChI=1S/C19H19F4N5O2/c1-26-6-5-25-17(26)18(30,19(21,22)23)11-16(29)28-9-7-27(8-10-28)15-4-2-3-14(20)13(15)12-24/h2-6,30H,7-11H2,1H3. The summed E-state index contributed by atoms with van der Waals surface area (Å²) in [7, 11) is 1.30. The first-order valence-corrected chi connectivity index (χ1v) is 9.06. The van der Waals surface area contributed by atoms with E-state index in [2.05, 4.69) is 4.98 Å². The van der Waals surface area contributed by atoms with Crippen LogP contribution in [0.25, 0.3) is 0 Å². The number of rotatable bonds is 4. The number of hydrogen-bond donors (Lipinski definition) is 1. The number of aryl methyl sites for hydroxylation is 1. The normalized spacial score (nSPS) is 16.8. The van der Waals surface area contributed by atoms with Gasteiger partial charge in [0.2, 0.25) is 11.5 Å². The smallest absolute Gasteiger partial charge is 0.374 e. The van der Waals surface area contributed by atoms with E-state index >= 15 is 0 Å². The third-order valence-electron chi connectivity index (χ3n) is 5.14. The van der Waals surface area contributed by atoms with Gasteiger partial charge in [0, 0.05) is 45.6 Å². The van der Waals surface area contributed by atoms with Crippen molar-refractivity contribution in [3.8, 4) is 6.07 Å². The Kier molecular flexibility index (Phi) is 5.72. The van der Waals surface area contributed by atoms with Gasteiger partial charge in [0.05, 0.1) is 12.1 Å². The third kappa shape index (κ3) is 3.82. The van der Waals surface area contributed by atoms with Gasteiger partial charge in [0.25, 0.3) is 0 Å². The maximum Gasteiger partial charge on any atom is 0.425 e. The molecule has 3 rings (SSSR count). The molecule has 1 aromatic carbocycles. The Balaban J connectivity index is 1.73. The zero-order valence-corrected chi connectivity index (χ0v) is 16.0. The second-order valence-electron chi connectivity index (χ2n) is 7.01. The van der Waals surface area contributed by atoms with Gasteiger partial charge in [0.15, 0.2) is 5.82 Å². The largest absolute Gasteiger partial charge is 0.425 e. The second-order valence-corrected chi connectivity index (χ2v) is 7.01. The number of nitriles is 1. The molecule has 1 aliphatic rings. The predicted octanol–water partition coefficient (Wildman–Crippen LogP) is 1.92. The maximum atomic E-state index is 13.8. The molecular weight excluding hydrogens is 406 g/mol. The number of amides is 1. The van der Waals surface area contributed by atoms with Gasteiger partial charge < -0.3 is 19.5 Å². The van der Waals surface area contributed by atoms with E-state index in [0.717, 1.165) is 16.8 Å². The van der Waals surface area contributed by atoms with Gasteiger partial charge in [-0.1, -0.05) is 6.07 Å². The van der Waals surface area contributed by atoms with Gasteiger partial charge in [-0.05, 0) is 12.1 Å². The lowest BCUT2D eigenvalue weighted by Crippen LogP contribution is -2.53. The van der Waals surface area contributed by atoms with Crippen molar-refractivity contribution < 1.29 is 27.5 Å². The van der Waals surface area contributed by atoms with E-state index < -0.39 is 35.7 Å². The minimum atomic E-state index is -5.10. The van der Waals surface area contributed by atoms with E-state index in [4.69, 9.17) is 5.26 Å². The Morgan fingerprint density at radius 3 is 2.47 bits per heavy atom. The molecule has 160 valence electrons. The number of halogens is 4. The van der Waals surface area contributed by atoms with E-state index in [1.807, 2.05) is 0 Å². The Morgan fingerprint density at radius 2 is 1.93 bits per heavy atom. The zero-order chi connectivity index (χ0) is 22.1. The van der Waals surface area contributed by atoms with E-state index in [9.17, 15) is 27.5 Å². The van der Waals surface area contributed by atoms with E-state index in [-0.39, 0.29) is 31.7 Å². The summed E-state index contributed by atoms with van der Waals surface area (Å²) in [6.45, 7) is 0.539. The summed E-state index contributed by atoms with van der Waals surface area (Å²) in [4.78, 5) is 19.1. The molecule has 7 nitrogen and oxygen atoms in total. The number of benzene rings is 1. The maximum absolute atomic E-state index is 13.8. The second kappa shape index (κ2) is 7.95. The summed E-state index contributed by atoms with van der Waals surface area (Å²) < 4.78 is 55.7. The minimum Gasteiger partial charge on any atom is -0.374 e. The number of aliphatic hydroxyl groups is 1. The van der Waals surface area contributed by atoms with Gasteiger partial charge >= 0.3 is 6.18 Å². The molecule has 1 fully saturated rings. The molecule has 0 saturated carbocycles. The van der Waals surface area contributed by atoms with Crippen LogP contribution in [0.4, 0.5) is 23.2 Å². The van der Waals surface area contributed by atoms with Gasteiger partial charge in [-0.15, -0.1) is 0 Å². The lowest BCUT2D eigenvalue weighted by Gasteiger charge is -2.38. The van der Waals surface area contributed by atoms with E-state index in [1.54, 1.807) is 17.0 Å². The fourth-order valence-corrected chi connectivity index (χ4v) is 3.48. The van der Waals surface area contributed by atoms with Crippen LogP contribution in [-0.4, -0.2) is 57.8 Å². The van der Waals surface area contributed by atoms with Gasteiger partial charge in [0.1, 0.15) is 17.4 Å². The third-order valence-corrected chi connectivity index (χ3v) is 5.14. The van der Waals surface area contributed by atoms with Crippen LogP contribution in [0.3, 0.4) is 0 Å². The number of carbonyl (C=O) groups excluding carboxylic acids is 1. The summed E-state index contributed by atoms with van der Waals surface area (Å²) >= 11 is 0. The van der Waals surface area contributed by atoms with Gasteiger partial charge in [-0.3, -0.25) is 4.79 Å². The van der Waals surface area contributed by atoms with Crippen molar-refractivity contribution in [1.82, 2.24) is 14.5 Å². The lowest BCUT2D eigenvalue weighted by molar-refractivity contribution is -0.272. The summed E-state index contributed by atoms with van der Waals surface area (Å²) in [6, 6.07) is 5.99. The average Bonchev–Trinajstić information content (AvgIpc) is 3.13. The van der Waals surface area contributed by atoms with Gasteiger partial charge in [-0.2, -0.15) is 18.4 Å². The fraction of sp³-hybridized carbons (Fsp3) is 0.421. The number of alkyl halides is 3. The van der Waals surface area contributed by atoms with Crippen molar-refractivity contribution in [2.24, 2.45) is 7.05 Å². The number of piperazine rings is 1. The Labute approximate surface area is 169 Å².